The maximum atomic E-state index is 12.4. The summed E-state index contributed by atoms with van der Waals surface area (Å²) in [6.07, 6.45) is 1.62. The fourth-order valence-corrected chi connectivity index (χ4v) is 4.60. The normalized spacial score (nSPS) is 14.9. The minimum absolute atomic E-state index is 0.113. The van der Waals surface area contributed by atoms with Crippen LogP contribution in [0.25, 0.3) is 10.9 Å². The van der Waals surface area contributed by atoms with Crippen LogP contribution in [0.4, 0.5) is 5.13 Å². The Bertz CT molecular complexity index is 1190. The second-order valence-electron chi connectivity index (χ2n) is 7.21. The second kappa shape index (κ2) is 8.41. The largest absolute Gasteiger partial charge is 0.354 e. The van der Waals surface area contributed by atoms with Gasteiger partial charge in [-0.15, -0.1) is 0 Å². The Balaban J connectivity index is 1.43. The molecule has 2 N–H and O–H groups in total. The van der Waals surface area contributed by atoms with Gasteiger partial charge in [-0.25, -0.2) is 9.78 Å². The van der Waals surface area contributed by atoms with E-state index in [0.717, 1.165) is 43.4 Å². The van der Waals surface area contributed by atoms with Gasteiger partial charge in [0, 0.05) is 46.3 Å². The molecule has 0 spiro atoms. The van der Waals surface area contributed by atoms with E-state index in [-0.39, 0.29) is 17.2 Å². The molecule has 1 aliphatic heterocycles. The molecular formula is C20H24N6O3S. The number of amides is 1. The molecule has 3 aromatic rings. The quantitative estimate of drug-likeness (QED) is 0.625. The number of hydrogen-bond donors (Lipinski definition) is 2. The number of hydrogen-bond acceptors (Lipinski definition) is 7. The molecule has 0 unspecified atom stereocenters. The number of aromatic amines is 1. The van der Waals surface area contributed by atoms with Crippen LogP contribution >= 0.6 is 11.3 Å². The molecule has 0 radical (unpaired) electrons. The number of carbonyl (C=O) groups is 1. The first kappa shape index (κ1) is 20.3. The summed E-state index contributed by atoms with van der Waals surface area (Å²) in [5, 5.41) is 4.01. The summed E-state index contributed by atoms with van der Waals surface area (Å²) in [7, 11) is 1.61. The molecular weight excluding hydrogens is 404 g/mol. The third-order valence-corrected chi connectivity index (χ3v) is 6.41. The monoisotopic (exact) mass is 428 g/mol. The van der Waals surface area contributed by atoms with Crippen molar-refractivity contribution in [3.8, 4) is 0 Å². The Morgan fingerprint density at radius 3 is 2.70 bits per heavy atom. The van der Waals surface area contributed by atoms with Crippen LogP contribution in [0.3, 0.4) is 0 Å². The fraction of sp³-hybridized carbons (Fsp3) is 0.400. The Hall–Kier alpha value is -2.98. The van der Waals surface area contributed by atoms with Gasteiger partial charge in [0.15, 0.2) is 5.13 Å². The summed E-state index contributed by atoms with van der Waals surface area (Å²) in [5.41, 5.74) is 1.00. The number of nitrogens with one attached hydrogen (secondary N) is 2. The Labute approximate surface area is 177 Å². The first-order chi connectivity index (χ1) is 14.5. The van der Waals surface area contributed by atoms with Gasteiger partial charge in [-0.2, -0.15) is 0 Å². The van der Waals surface area contributed by atoms with E-state index in [1.807, 2.05) is 12.1 Å². The van der Waals surface area contributed by atoms with Gasteiger partial charge in [0.1, 0.15) is 4.88 Å². The van der Waals surface area contributed by atoms with Gasteiger partial charge in [-0.05, 0) is 24.6 Å². The van der Waals surface area contributed by atoms with Crippen LogP contribution in [0.15, 0.2) is 34.0 Å². The molecule has 30 heavy (non-hydrogen) atoms. The average molecular weight is 429 g/mol. The van der Waals surface area contributed by atoms with Crippen LogP contribution in [0.5, 0.6) is 0 Å². The first-order valence-corrected chi connectivity index (χ1v) is 10.7. The highest BCUT2D eigenvalue weighted by molar-refractivity contribution is 7.17. The van der Waals surface area contributed by atoms with Crippen LogP contribution in [0.2, 0.25) is 0 Å². The molecule has 158 valence electrons. The van der Waals surface area contributed by atoms with Gasteiger partial charge in [-0.1, -0.05) is 17.4 Å². The summed E-state index contributed by atoms with van der Waals surface area (Å²) < 4.78 is 1.20. The molecule has 1 aromatic carbocycles. The van der Waals surface area contributed by atoms with E-state index in [4.69, 9.17) is 0 Å². The molecule has 10 heteroatoms. The van der Waals surface area contributed by atoms with Gasteiger partial charge in [0.05, 0.1) is 17.1 Å². The summed E-state index contributed by atoms with van der Waals surface area (Å²) in [6.45, 7) is 6.24. The maximum absolute atomic E-state index is 12.4. The lowest BCUT2D eigenvalue weighted by molar-refractivity contribution is 0.0967. The molecule has 1 fully saturated rings. The molecule has 1 amide bonds. The zero-order chi connectivity index (χ0) is 21.3. The third-order valence-electron chi connectivity index (χ3n) is 5.36. The van der Waals surface area contributed by atoms with Crippen molar-refractivity contribution in [3.05, 3.63) is 55.7 Å². The van der Waals surface area contributed by atoms with E-state index in [1.54, 1.807) is 26.2 Å². The van der Waals surface area contributed by atoms with E-state index in [1.165, 1.54) is 15.9 Å². The van der Waals surface area contributed by atoms with Gasteiger partial charge < -0.3 is 15.2 Å². The Morgan fingerprint density at radius 2 is 2.00 bits per heavy atom. The van der Waals surface area contributed by atoms with Crippen LogP contribution in [0, 0.1) is 0 Å². The molecule has 0 atom stereocenters. The number of nitrogens with zero attached hydrogens (tertiary/aromatic N) is 4. The number of aromatic nitrogens is 3. The van der Waals surface area contributed by atoms with Crippen molar-refractivity contribution in [1.29, 1.82) is 0 Å². The van der Waals surface area contributed by atoms with Crippen molar-refractivity contribution >= 4 is 33.3 Å². The van der Waals surface area contributed by atoms with E-state index in [0.29, 0.717) is 22.3 Å². The summed E-state index contributed by atoms with van der Waals surface area (Å²) in [4.78, 5) is 48.6. The van der Waals surface area contributed by atoms with Crippen molar-refractivity contribution in [2.75, 3.05) is 38.1 Å². The van der Waals surface area contributed by atoms with Gasteiger partial charge >= 0.3 is 5.69 Å². The van der Waals surface area contributed by atoms with Gasteiger partial charge in [0.25, 0.3) is 11.5 Å². The van der Waals surface area contributed by atoms with Crippen LogP contribution < -0.4 is 21.5 Å². The third kappa shape index (κ3) is 3.88. The molecule has 2 aromatic heterocycles. The van der Waals surface area contributed by atoms with Crippen molar-refractivity contribution in [3.63, 3.8) is 0 Å². The van der Waals surface area contributed by atoms with E-state index in [2.05, 4.69) is 25.1 Å². The van der Waals surface area contributed by atoms with E-state index < -0.39 is 0 Å². The molecule has 3 heterocycles. The van der Waals surface area contributed by atoms with Crippen LogP contribution in [-0.2, 0) is 13.1 Å². The number of thiazole rings is 1. The molecule has 0 aliphatic carbocycles. The Kier molecular flexibility index (Phi) is 5.69. The molecule has 4 rings (SSSR count). The van der Waals surface area contributed by atoms with Crippen LogP contribution in [0.1, 0.15) is 22.2 Å². The zero-order valence-electron chi connectivity index (χ0n) is 17.0. The summed E-state index contributed by atoms with van der Waals surface area (Å²) in [5.74, 6) is -0.113. The zero-order valence-corrected chi connectivity index (χ0v) is 17.8. The number of anilines is 1. The molecule has 1 aliphatic rings. The van der Waals surface area contributed by atoms with Gasteiger partial charge in [0.2, 0.25) is 0 Å². The minimum Gasteiger partial charge on any atom is -0.354 e. The lowest BCUT2D eigenvalue weighted by Gasteiger charge is -2.34. The highest BCUT2D eigenvalue weighted by Crippen LogP contribution is 2.24. The number of fused-ring (bicyclic) bond motifs is 1. The van der Waals surface area contributed by atoms with Gasteiger partial charge in [-0.3, -0.25) is 19.1 Å². The molecule has 1 saturated heterocycles. The number of rotatable bonds is 5. The molecule has 9 nitrogen and oxygen atoms in total. The lowest BCUT2D eigenvalue weighted by atomic mass is 10.1. The molecule has 0 bridgehead atoms. The Morgan fingerprint density at radius 1 is 1.23 bits per heavy atom. The average Bonchev–Trinajstić information content (AvgIpc) is 3.24. The van der Waals surface area contributed by atoms with E-state index in [9.17, 15) is 14.4 Å². The van der Waals surface area contributed by atoms with E-state index >= 15 is 0 Å². The highest BCUT2D eigenvalue weighted by atomic mass is 32.1. The number of carbonyl (C=O) groups excluding carboxylic acids is 1. The van der Waals surface area contributed by atoms with Crippen molar-refractivity contribution in [2.45, 2.75) is 20.0 Å². The maximum Gasteiger partial charge on any atom is 0.328 e. The first-order valence-electron chi connectivity index (χ1n) is 9.91. The SMILES string of the molecule is CCn1c(=O)[nH]c2cc(CN3CCN(c4ncc(C(=O)NC)s4)CC3)ccc2c1=O. The highest BCUT2D eigenvalue weighted by Gasteiger charge is 2.21. The number of benzene rings is 1. The van der Waals surface area contributed by atoms with Crippen molar-refractivity contribution < 1.29 is 4.79 Å². The number of piperazine rings is 1. The summed E-state index contributed by atoms with van der Waals surface area (Å²) >= 11 is 1.40. The smallest absolute Gasteiger partial charge is 0.328 e. The summed E-state index contributed by atoms with van der Waals surface area (Å²) in [6, 6.07) is 5.63. The lowest BCUT2D eigenvalue weighted by Crippen LogP contribution is -2.45. The molecule has 0 saturated carbocycles. The van der Waals surface area contributed by atoms with Crippen molar-refractivity contribution in [1.82, 2.24) is 24.8 Å². The standard InChI is InChI=1S/C20H24N6O3S/c1-3-26-18(28)14-5-4-13(10-15(14)23-19(26)29)12-24-6-8-25(9-7-24)20-22-11-16(30-20)17(27)21-2/h4-5,10-11H,3,6-9,12H2,1-2H3,(H,21,27)(H,23,29). The predicted octanol–water partition coefficient (Wildman–Crippen LogP) is 0.848. The fourth-order valence-electron chi connectivity index (χ4n) is 3.68. The van der Waals surface area contributed by atoms with Crippen molar-refractivity contribution in [2.24, 2.45) is 0 Å². The minimum atomic E-state index is -0.375. The second-order valence-corrected chi connectivity index (χ2v) is 8.22. The predicted molar refractivity (Wildman–Crippen MR) is 117 cm³/mol. The topological polar surface area (TPSA) is 103 Å². The van der Waals surface area contributed by atoms with Crippen LogP contribution in [-0.4, -0.2) is 58.6 Å². The number of H-pyrrole nitrogens is 1.